The lowest BCUT2D eigenvalue weighted by molar-refractivity contribution is -0.385. The van der Waals surface area contributed by atoms with Gasteiger partial charge < -0.3 is 9.80 Å². The van der Waals surface area contributed by atoms with Gasteiger partial charge in [-0.05, 0) is 18.9 Å². The zero-order chi connectivity index (χ0) is 21.2. The number of aromatic nitrogens is 3. The maximum atomic E-state index is 13.5. The highest BCUT2D eigenvalue weighted by atomic mass is 19.4. The summed E-state index contributed by atoms with van der Waals surface area (Å²) in [6.45, 7) is 5.42. The molecular formula is C18H21F3N6O2. The molecule has 29 heavy (non-hydrogen) atoms. The van der Waals surface area contributed by atoms with E-state index < -0.39 is 22.4 Å². The Balaban J connectivity index is 1.80. The summed E-state index contributed by atoms with van der Waals surface area (Å²) in [5, 5.41) is 19.2. The van der Waals surface area contributed by atoms with Gasteiger partial charge in [0.2, 0.25) is 5.95 Å². The third kappa shape index (κ3) is 4.38. The summed E-state index contributed by atoms with van der Waals surface area (Å²) < 4.78 is 40.4. The van der Waals surface area contributed by atoms with Crippen LogP contribution in [0.4, 0.5) is 30.5 Å². The fraction of sp³-hybridized carbons (Fsp3) is 0.500. The van der Waals surface area contributed by atoms with E-state index in [1.54, 1.807) is 4.90 Å². The number of piperazine rings is 1. The van der Waals surface area contributed by atoms with Crippen LogP contribution in [0, 0.1) is 10.1 Å². The summed E-state index contributed by atoms with van der Waals surface area (Å²) in [5.41, 5.74) is 0.0727. The normalized spacial score (nSPS) is 14.9. The Labute approximate surface area is 165 Å². The van der Waals surface area contributed by atoms with Crippen LogP contribution in [-0.4, -0.2) is 46.3 Å². The quantitative estimate of drug-likeness (QED) is 0.552. The lowest BCUT2D eigenvalue weighted by Gasteiger charge is -2.37. The molecule has 8 nitrogen and oxygen atoms in total. The Bertz CT molecular complexity index is 898. The van der Waals surface area contributed by atoms with Crippen LogP contribution in [0.3, 0.4) is 0 Å². The van der Waals surface area contributed by atoms with Gasteiger partial charge in [-0.15, -0.1) is 5.10 Å². The van der Waals surface area contributed by atoms with Gasteiger partial charge >= 0.3 is 6.18 Å². The van der Waals surface area contributed by atoms with E-state index in [9.17, 15) is 23.3 Å². The van der Waals surface area contributed by atoms with Crippen molar-refractivity contribution in [2.24, 2.45) is 0 Å². The van der Waals surface area contributed by atoms with Crippen LogP contribution < -0.4 is 9.80 Å². The van der Waals surface area contributed by atoms with Crippen molar-refractivity contribution < 1.29 is 18.1 Å². The third-order valence-electron chi connectivity index (χ3n) is 4.90. The first kappa shape index (κ1) is 20.7. The highest BCUT2D eigenvalue weighted by molar-refractivity contribution is 5.60. The number of nitro benzene ring substituents is 1. The van der Waals surface area contributed by atoms with Gasteiger partial charge in [-0.25, -0.2) is 4.98 Å². The van der Waals surface area contributed by atoms with Crippen LogP contribution in [0.1, 0.15) is 30.8 Å². The number of nitro groups is 1. The molecule has 0 radical (unpaired) electrons. The van der Waals surface area contributed by atoms with Gasteiger partial charge in [0.25, 0.3) is 5.69 Å². The molecule has 3 rings (SSSR count). The average Bonchev–Trinajstić information content (AvgIpc) is 2.72. The van der Waals surface area contributed by atoms with Gasteiger partial charge in [0.15, 0.2) is 0 Å². The maximum Gasteiger partial charge on any atom is 0.418 e. The highest BCUT2D eigenvalue weighted by Crippen LogP contribution is 2.39. The predicted octanol–water partition coefficient (Wildman–Crippen LogP) is 3.25. The third-order valence-corrected chi connectivity index (χ3v) is 4.90. The predicted molar refractivity (Wildman–Crippen MR) is 101 cm³/mol. The minimum absolute atomic E-state index is 0.0580. The first-order chi connectivity index (χ1) is 13.7. The number of hydrogen-bond acceptors (Lipinski definition) is 7. The molecule has 0 atom stereocenters. The molecule has 1 fully saturated rings. The Hall–Kier alpha value is -2.98. The van der Waals surface area contributed by atoms with E-state index in [1.807, 2.05) is 18.7 Å². The van der Waals surface area contributed by atoms with E-state index in [0.29, 0.717) is 38.2 Å². The van der Waals surface area contributed by atoms with Gasteiger partial charge in [0.05, 0.1) is 21.9 Å². The van der Waals surface area contributed by atoms with Gasteiger partial charge in [-0.3, -0.25) is 10.1 Å². The number of rotatable bonds is 5. The molecule has 0 saturated carbocycles. The standard InChI is InChI=1S/C18H21F3N6O2/c1-3-14-15(4-2)23-24-17(22-14)26-9-7-25(8-10-26)16-6-5-12(27(28)29)11-13(16)18(19,20)21/h5-6,11H,3-4,7-10H2,1-2H3. The number of halogens is 3. The number of alkyl halides is 3. The molecule has 1 saturated heterocycles. The molecule has 0 N–H and O–H groups in total. The van der Waals surface area contributed by atoms with Crippen molar-refractivity contribution in [3.63, 3.8) is 0 Å². The Morgan fingerprint density at radius 2 is 1.66 bits per heavy atom. The number of anilines is 2. The number of benzene rings is 1. The van der Waals surface area contributed by atoms with Gasteiger partial charge in [-0.1, -0.05) is 13.8 Å². The van der Waals surface area contributed by atoms with Crippen molar-refractivity contribution in [1.82, 2.24) is 15.2 Å². The number of non-ortho nitro benzene ring substituents is 1. The lowest BCUT2D eigenvalue weighted by Crippen LogP contribution is -2.47. The summed E-state index contributed by atoms with van der Waals surface area (Å²) in [5.74, 6) is 0.471. The molecule has 1 aromatic heterocycles. The van der Waals surface area contributed by atoms with Crippen LogP contribution in [-0.2, 0) is 19.0 Å². The molecule has 1 aliphatic rings. The van der Waals surface area contributed by atoms with Gasteiger partial charge in [0.1, 0.15) is 0 Å². The highest BCUT2D eigenvalue weighted by Gasteiger charge is 2.37. The molecule has 2 heterocycles. The van der Waals surface area contributed by atoms with E-state index in [2.05, 4.69) is 15.2 Å². The second-order valence-electron chi connectivity index (χ2n) is 6.64. The average molecular weight is 410 g/mol. The van der Waals surface area contributed by atoms with Gasteiger partial charge in [0, 0.05) is 44.0 Å². The number of hydrogen-bond donors (Lipinski definition) is 0. The zero-order valence-electron chi connectivity index (χ0n) is 16.1. The summed E-state index contributed by atoms with van der Waals surface area (Å²) in [6, 6.07) is 2.85. The van der Waals surface area contributed by atoms with Crippen molar-refractivity contribution in [1.29, 1.82) is 0 Å². The van der Waals surface area contributed by atoms with Crippen LogP contribution in [0.15, 0.2) is 18.2 Å². The van der Waals surface area contributed by atoms with E-state index >= 15 is 0 Å². The van der Waals surface area contributed by atoms with Crippen molar-refractivity contribution in [3.05, 3.63) is 45.3 Å². The summed E-state index contributed by atoms with van der Waals surface area (Å²) in [4.78, 5) is 18.1. The molecular weight excluding hydrogens is 389 g/mol. The first-order valence-corrected chi connectivity index (χ1v) is 9.32. The topological polar surface area (TPSA) is 88.3 Å². The van der Waals surface area contributed by atoms with Crippen LogP contribution in [0.5, 0.6) is 0 Å². The fourth-order valence-electron chi connectivity index (χ4n) is 3.35. The molecule has 0 aliphatic carbocycles. The minimum Gasteiger partial charge on any atom is -0.367 e. The molecule has 1 aromatic carbocycles. The SMILES string of the molecule is CCc1nnc(N2CCN(c3ccc([N+](=O)[O-])cc3C(F)(F)F)CC2)nc1CC. The second kappa shape index (κ2) is 8.18. The molecule has 156 valence electrons. The summed E-state index contributed by atoms with van der Waals surface area (Å²) in [6.07, 6.45) is -3.22. The molecule has 11 heteroatoms. The Kier molecular flexibility index (Phi) is 5.85. The van der Waals surface area contributed by atoms with E-state index in [0.717, 1.165) is 30.3 Å². The fourth-order valence-corrected chi connectivity index (χ4v) is 3.35. The monoisotopic (exact) mass is 410 g/mol. The molecule has 0 spiro atoms. The first-order valence-electron chi connectivity index (χ1n) is 9.32. The molecule has 0 amide bonds. The molecule has 2 aromatic rings. The zero-order valence-corrected chi connectivity index (χ0v) is 16.1. The molecule has 0 unspecified atom stereocenters. The van der Waals surface area contributed by atoms with Crippen molar-refractivity contribution in [2.45, 2.75) is 32.9 Å². The molecule has 1 aliphatic heterocycles. The maximum absolute atomic E-state index is 13.5. The smallest absolute Gasteiger partial charge is 0.367 e. The Morgan fingerprint density at radius 1 is 1.03 bits per heavy atom. The summed E-state index contributed by atoms with van der Waals surface area (Å²) in [7, 11) is 0. The van der Waals surface area contributed by atoms with E-state index in [-0.39, 0.29) is 5.69 Å². The van der Waals surface area contributed by atoms with Gasteiger partial charge in [-0.2, -0.15) is 18.3 Å². The second-order valence-corrected chi connectivity index (χ2v) is 6.64. The number of aryl methyl sites for hydroxylation is 2. The van der Waals surface area contributed by atoms with Crippen LogP contribution in [0.2, 0.25) is 0 Å². The van der Waals surface area contributed by atoms with E-state index in [1.165, 1.54) is 6.07 Å². The van der Waals surface area contributed by atoms with Crippen LogP contribution >= 0.6 is 0 Å². The molecule has 0 bridgehead atoms. The van der Waals surface area contributed by atoms with E-state index in [4.69, 9.17) is 0 Å². The van der Waals surface area contributed by atoms with Crippen LogP contribution in [0.25, 0.3) is 0 Å². The minimum atomic E-state index is -4.68. The summed E-state index contributed by atoms with van der Waals surface area (Å²) >= 11 is 0. The largest absolute Gasteiger partial charge is 0.418 e. The Morgan fingerprint density at radius 3 is 2.21 bits per heavy atom. The number of nitrogens with zero attached hydrogens (tertiary/aromatic N) is 6. The van der Waals surface area contributed by atoms with Crippen molar-refractivity contribution >= 4 is 17.3 Å². The lowest BCUT2D eigenvalue weighted by atomic mass is 10.1. The van der Waals surface area contributed by atoms with Crippen molar-refractivity contribution in [3.8, 4) is 0 Å². The van der Waals surface area contributed by atoms with Crippen molar-refractivity contribution in [2.75, 3.05) is 36.0 Å².